The maximum Gasteiger partial charge on any atom is 0.333 e. The van der Waals surface area contributed by atoms with Crippen molar-refractivity contribution in [3.8, 4) is 0 Å². The standard InChI is InChI=1S/C6H10O2.C4H3NO2/c1-4-8-6(7)5(2)3;6-3-1-2-4(7)5-3/h2,4H2,1,3H3;1-2H,(H,5,6,7). The van der Waals surface area contributed by atoms with Gasteiger partial charge in [0.2, 0.25) is 0 Å². The highest BCUT2D eigenvalue weighted by atomic mass is 16.5. The van der Waals surface area contributed by atoms with Crippen LogP contribution in [0.3, 0.4) is 0 Å². The molecule has 0 radical (unpaired) electrons. The third-order valence-corrected chi connectivity index (χ3v) is 1.26. The lowest BCUT2D eigenvalue weighted by molar-refractivity contribution is -0.138. The van der Waals surface area contributed by atoms with Crippen molar-refractivity contribution < 1.29 is 19.1 Å². The maximum absolute atomic E-state index is 10.4. The fourth-order valence-corrected chi connectivity index (χ4v) is 0.610. The van der Waals surface area contributed by atoms with Crippen molar-refractivity contribution >= 4 is 17.8 Å². The fourth-order valence-electron chi connectivity index (χ4n) is 0.610. The van der Waals surface area contributed by atoms with E-state index in [0.717, 1.165) is 0 Å². The summed E-state index contributed by atoms with van der Waals surface area (Å²) >= 11 is 0. The average Bonchev–Trinajstić information content (AvgIpc) is 2.51. The number of amides is 2. The van der Waals surface area contributed by atoms with E-state index < -0.39 is 0 Å². The van der Waals surface area contributed by atoms with Gasteiger partial charge in [-0.1, -0.05) is 6.58 Å². The highest BCUT2D eigenvalue weighted by Gasteiger charge is 2.06. The lowest BCUT2D eigenvalue weighted by Crippen LogP contribution is -2.19. The molecule has 0 spiro atoms. The summed E-state index contributed by atoms with van der Waals surface area (Å²) in [5, 5.41) is 2.03. The Morgan fingerprint density at radius 3 is 2.00 bits per heavy atom. The Labute approximate surface area is 87.8 Å². The van der Waals surface area contributed by atoms with E-state index in [0.29, 0.717) is 12.2 Å². The highest BCUT2D eigenvalue weighted by molar-refractivity contribution is 6.12. The van der Waals surface area contributed by atoms with Crippen LogP contribution in [0.5, 0.6) is 0 Å². The van der Waals surface area contributed by atoms with Crippen LogP contribution in [0.4, 0.5) is 0 Å². The number of imide groups is 1. The molecule has 0 aromatic heterocycles. The number of esters is 1. The Balaban J connectivity index is 0.000000262. The summed E-state index contributed by atoms with van der Waals surface area (Å²) in [6.07, 6.45) is 2.39. The molecular formula is C10H13NO4. The third kappa shape index (κ3) is 6.20. The molecule has 82 valence electrons. The monoisotopic (exact) mass is 211 g/mol. The van der Waals surface area contributed by atoms with Crippen molar-refractivity contribution in [2.75, 3.05) is 6.61 Å². The Morgan fingerprint density at radius 2 is 1.87 bits per heavy atom. The van der Waals surface area contributed by atoms with E-state index in [1.165, 1.54) is 12.2 Å². The lowest BCUT2D eigenvalue weighted by Gasteiger charge is -1.96. The average molecular weight is 211 g/mol. The van der Waals surface area contributed by atoms with E-state index >= 15 is 0 Å². The van der Waals surface area contributed by atoms with Crippen molar-refractivity contribution in [1.29, 1.82) is 0 Å². The van der Waals surface area contributed by atoms with Gasteiger partial charge in [-0.3, -0.25) is 14.9 Å². The molecule has 0 unspecified atom stereocenters. The molecule has 1 rings (SSSR count). The van der Waals surface area contributed by atoms with Crippen molar-refractivity contribution in [2.45, 2.75) is 13.8 Å². The molecular weight excluding hydrogens is 198 g/mol. The Morgan fingerprint density at radius 1 is 1.40 bits per heavy atom. The number of ether oxygens (including phenoxy) is 1. The largest absolute Gasteiger partial charge is 0.463 e. The third-order valence-electron chi connectivity index (χ3n) is 1.26. The van der Waals surface area contributed by atoms with E-state index in [9.17, 15) is 14.4 Å². The van der Waals surface area contributed by atoms with Crippen LogP contribution in [0, 0.1) is 0 Å². The topological polar surface area (TPSA) is 72.5 Å². The normalized spacial score (nSPS) is 12.7. The van der Waals surface area contributed by atoms with Gasteiger partial charge in [0.25, 0.3) is 11.8 Å². The van der Waals surface area contributed by atoms with Gasteiger partial charge in [0.1, 0.15) is 0 Å². The first-order valence-corrected chi connectivity index (χ1v) is 4.33. The predicted octanol–water partition coefficient (Wildman–Crippen LogP) is 0.325. The van der Waals surface area contributed by atoms with Gasteiger partial charge in [-0.15, -0.1) is 0 Å². The molecule has 0 aromatic rings. The molecule has 0 bridgehead atoms. The van der Waals surface area contributed by atoms with E-state index in [1.807, 2.05) is 5.32 Å². The smallest absolute Gasteiger partial charge is 0.333 e. The van der Waals surface area contributed by atoms with Gasteiger partial charge in [-0.25, -0.2) is 4.79 Å². The first kappa shape index (κ1) is 13.1. The molecule has 5 nitrogen and oxygen atoms in total. The number of carbonyl (C=O) groups is 3. The molecule has 1 aliphatic heterocycles. The molecule has 0 atom stereocenters. The maximum atomic E-state index is 10.4. The van der Waals surface area contributed by atoms with Crippen LogP contribution in [0.25, 0.3) is 0 Å². The molecule has 1 aliphatic rings. The molecule has 0 aliphatic carbocycles. The van der Waals surface area contributed by atoms with E-state index in [4.69, 9.17) is 0 Å². The summed E-state index contributed by atoms with van der Waals surface area (Å²) in [4.78, 5) is 30.5. The predicted molar refractivity (Wildman–Crippen MR) is 53.7 cm³/mol. The van der Waals surface area contributed by atoms with E-state index in [2.05, 4.69) is 11.3 Å². The van der Waals surface area contributed by atoms with Crippen LogP contribution in [-0.2, 0) is 19.1 Å². The first-order valence-electron chi connectivity index (χ1n) is 4.33. The zero-order valence-corrected chi connectivity index (χ0v) is 8.70. The van der Waals surface area contributed by atoms with Crippen molar-refractivity contribution in [2.24, 2.45) is 0 Å². The number of carbonyl (C=O) groups excluding carboxylic acids is 3. The first-order chi connectivity index (χ1) is 6.97. The minimum Gasteiger partial charge on any atom is -0.463 e. The molecule has 2 amide bonds. The molecule has 0 fully saturated rings. The van der Waals surface area contributed by atoms with E-state index in [-0.39, 0.29) is 17.8 Å². The SMILES string of the molecule is C=C(C)C(=O)OCC.O=C1C=CC(=O)N1. The summed E-state index contributed by atoms with van der Waals surface area (Å²) in [7, 11) is 0. The number of hydrogen-bond acceptors (Lipinski definition) is 4. The van der Waals surface area contributed by atoms with Crippen molar-refractivity contribution in [3.05, 3.63) is 24.3 Å². The van der Waals surface area contributed by atoms with E-state index in [1.54, 1.807) is 13.8 Å². The number of rotatable bonds is 2. The van der Waals surface area contributed by atoms with Gasteiger partial charge >= 0.3 is 5.97 Å². The van der Waals surface area contributed by atoms with Gasteiger partial charge < -0.3 is 4.74 Å². The van der Waals surface area contributed by atoms with Gasteiger partial charge in [-0.2, -0.15) is 0 Å². The second-order valence-electron chi connectivity index (χ2n) is 2.69. The summed E-state index contributed by atoms with van der Waals surface area (Å²) in [5.41, 5.74) is 0.451. The second-order valence-corrected chi connectivity index (χ2v) is 2.69. The van der Waals surface area contributed by atoms with Crippen LogP contribution < -0.4 is 5.32 Å². The van der Waals surface area contributed by atoms with Crippen LogP contribution in [0.15, 0.2) is 24.3 Å². The van der Waals surface area contributed by atoms with Gasteiger partial charge in [0, 0.05) is 17.7 Å². The fraction of sp³-hybridized carbons (Fsp3) is 0.300. The van der Waals surface area contributed by atoms with Crippen LogP contribution in [-0.4, -0.2) is 24.4 Å². The van der Waals surface area contributed by atoms with Crippen LogP contribution in [0.1, 0.15) is 13.8 Å². The molecule has 0 aromatic carbocycles. The number of hydrogen-bond donors (Lipinski definition) is 1. The molecule has 0 saturated carbocycles. The second kappa shape index (κ2) is 6.53. The molecule has 15 heavy (non-hydrogen) atoms. The summed E-state index contributed by atoms with van der Waals surface area (Å²) in [5.74, 6) is -0.970. The molecule has 1 N–H and O–H groups in total. The lowest BCUT2D eigenvalue weighted by atomic mass is 10.4. The molecule has 0 saturated heterocycles. The molecule has 5 heteroatoms. The Hall–Kier alpha value is -1.91. The zero-order chi connectivity index (χ0) is 11.8. The quantitative estimate of drug-likeness (QED) is 0.405. The van der Waals surface area contributed by atoms with Gasteiger partial charge in [-0.05, 0) is 13.8 Å². The van der Waals surface area contributed by atoms with Crippen molar-refractivity contribution in [3.63, 3.8) is 0 Å². The minimum atomic E-state index is -0.329. The summed E-state index contributed by atoms with van der Waals surface area (Å²) in [6.45, 7) is 7.21. The minimum absolute atomic E-state index is 0.312. The summed E-state index contributed by atoms with van der Waals surface area (Å²) in [6, 6.07) is 0. The highest BCUT2D eigenvalue weighted by Crippen LogP contribution is 1.89. The van der Waals surface area contributed by atoms with Gasteiger partial charge in [0.05, 0.1) is 6.61 Å². The number of nitrogens with one attached hydrogen (secondary N) is 1. The van der Waals surface area contributed by atoms with Crippen LogP contribution in [0.2, 0.25) is 0 Å². The molecule has 1 heterocycles. The Kier molecular flexibility index (Phi) is 5.70. The van der Waals surface area contributed by atoms with Crippen molar-refractivity contribution in [1.82, 2.24) is 5.32 Å². The summed E-state index contributed by atoms with van der Waals surface area (Å²) < 4.78 is 4.56. The van der Waals surface area contributed by atoms with Gasteiger partial charge in [0.15, 0.2) is 0 Å². The Bertz CT molecular complexity index is 301. The zero-order valence-electron chi connectivity index (χ0n) is 8.70. The van der Waals surface area contributed by atoms with Crippen LogP contribution >= 0.6 is 0 Å².